The third kappa shape index (κ3) is 2.05. The molecule has 0 fully saturated rings. The molecule has 0 aliphatic rings. The van der Waals surface area contributed by atoms with E-state index in [1.807, 2.05) is 0 Å². The summed E-state index contributed by atoms with van der Waals surface area (Å²) in [4.78, 5) is 2.57. The Labute approximate surface area is 110 Å². The molecule has 0 N–H and O–H groups in total. The summed E-state index contributed by atoms with van der Waals surface area (Å²) in [6.07, 6.45) is 2.10. The summed E-state index contributed by atoms with van der Waals surface area (Å²) in [5.41, 5.74) is 0. The molecule has 2 rings (SSSR count). The first-order valence-electron chi connectivity index (χ1n) is 4.06. The van der Waals surface area contributed by atoms with Crippen LogP contribution >= 0.6 is 57.3 Å². The summed E-state index contributed by atoms with van der Waals surface area (Å²) >= 11 is 11.8. The predicted molar refractivity (Wildman–Crippen MR) is 75.9 cm³/mol. The molecule has 0 radical (unpaired) electrons. The molecular weight excluding hydrogens is 347 g/mol. The van der Waals surface area contributed by atoms with Gasteiger partial charge in [0.25, 0.3) is 0 Å². The van der Waals surface area contributed by atoms with Gasteiger partial charge in [0.15, 0.2) is 0 Å². The molecule has 0 saturated carbocycles. The van der Waals surface area contributed by atoms with Gasteiger partial charge in [-0.25, -0.2) is 0 Å². The Morgan fingerprint density at radius 1 is 1.43 bits per heavy atom. The Hall–Kier alpha value is 0.550. The quantitative estimate of drug-likeness (QED) is 0.417. The molecule has 0 bridgehead atoms. The van der Waals surface area contributed by atoms with Gasteiger partial charge >= 0.3 is 0 Å². The summed E-state index contributed by atoms with van der Waals surface area (Å²) in [5.74, 6) is 0.615. The van der Waals surface area contributed by atoms with Crippen LogP contribution in [0.5, 0.6) is 0 Å². The second-order valence-electron chi connectivity index (χ2n) is 2.87. The zero-order valence-corrected chi connectivity index (χ0v) is 12.1. The van der Waals surface area contributed by atoms with Crippen molar-refractivity contribution in [1.82, 2.24) is 0 Å². The number of halogens is 2. The Morgan fingerprint density at radius 3 is 2.86 bits per heavy atom. The van der Waals surface area contributed by atoms with Crippen molar-refractivity contribution in [2.45, 2.75) is 10.8 Å². The molecule has 1 aromatic carbocycles. The summed E-state index contributed by atoms with van der Waals surface area (Å²) in [7, 11) is 0. The molecule has 0 aliphatic carbocycles. The number of benzene rings is 1. The zero-order valence-electron chi connectivity index (χ0n) is 7.51. The average molecular weight is 355 g/mol. The van der Waals surface area contributed by atoms with Crippen LogP contribution in [0.2, 0.25) is 0 Å². The number of alkyl halides is 1. The van der Waals surface area contributed by atoms with Crippen LogP contribution in [0.3, 0.4) is 0 Å². The first-order valence-corrected chi connectivity index (χ1v) is 7.72. The van der Waals surface area contributed by atoms with E-state index in [4.69, 9.17) is 11.6 Å². The summed E-state index contributed by atoms with van der Waals surface area (Å²) in [6, 6.07) is 6.64. The maximum atomic E-state index is 5.83. The number of thioether (sulfide) groups is 1. The fourth-order valence-corrected chi connectivity index (χ4v) is 4.13. The zero-order chi connectivity index (χ0) is 10.1. The van der Waals surface area contributed by atoms with E-state index < -0.39 is 0 Å². The van der Waals surface area contributed by atoms with Crippen molar-refractivity contribution < 1.29 is 0 Å². The maximum absolute atomic E-state index is 5.83. The van der Waals surface area contributed by atoms with Crippen molar-refractivity contribution in [3.05, 3.63) is 26.6 Å². The van der Waals surface area contributed by atoms with Crippen molar-refractivity contribution in [3.63, 3.8) is 0 Å². The number of fused-ring (bicyclic) bond motifs is 1. The van der Waals surface area contributed by atoms with Crippen LogP contribution in [-0.2, 0) is 5.88 Å². The molecule has 0 aliphatic heterocycles. The van der Waals surface area contributed by atoms with E-state index in [1.54, 1.807) is 23.1 Å². The number of hydrogen-bond donors (Lipinski definition) is 0. The van der Waals surface area contributed by atoms with Crippen LogP contribution in [0.15, 0.2) is 23.1 Å². The van der Waals surface area contributed by atoms with E-state index in [1.165, 1.54) is 23.4 Å². The monoisotopic (exact) mass is 354 g/mol. The van der Waals surface area contributed by atoms with Gasteiger partial charge in [-0.1, -0.05) is 0 Å². The highest BCUT2D eigenvalue weighted by Gasteiger charge is 2.06. The van der Waals surface area contributed by atoms with Gasteiger partial charge in [-0.15, -0.1) is 34.7 Å². The number of hydrogen-bond acceptors (Lipinski definition) is 2. The van der Waals surface area contributed by atoms with Crippen molar-refractivity contribution in [3.8, 4) is 0 Å². The van der Waals surface area contributed by atoms with Gasteiger partial charge < -0.3 is 0 Å². The van der Waals surface area contributed by atoms with Gasteiger partial charge in [0.1, 0.15) is 0 Å². The molecule has 1 aromatic heterocycles. The molecular formula is C10H8ClIS2. The van der Waals surface area contributed by atoms with E-state index >= 15 is 0 Å². The topological polar surface area (TPSA) is 0 Å². The molecule has 0 atom stereocenters. The number of thiophene rings is 1. The van der Waals surface area contributed by atoms with Gasteiger partial charge in [-0.3, -0.25) is 0 Å². The minimum atomic E-state index is 0.615. The van der Waals surface area contributed by atoms with Gasteiger partial charge in [-0.2, -0.15) is 0 Å². The van der Waals surface area contributed by atoms with Crippen LogP contribution in [-0.4, -0.2) is 6.26 Å². The first-order chi connectivity index (χ1) is 6.74. The van der Waals surface area contributed by atoms with E-state index in [0.29, 0.717) is 5.88 Å². The lowest BCUT2D eigenvalue weighted by Gasteiger charge is -1.98. The fraction of sp³-hybridized carbons (Fsp3) is 0.200. The largest absolute Gasteiger partial charge is 0.138 e. The van der Waals surface area contributed by atoms with E-state index in [2.05, 4.69) is 47.0 Å². The van der Waals surface area contributed by atoms with Crippen LogP contribution in [0.25, 0.3) is 10.1 Å². The molecule has 14 heavy (non-hydrogen) atoms. The molecule has 0 nitrogen and oxygen atoms in total. The van der Waals surface area contributed by atoms with Gasteiger partial charge in [0.05, 0.1) is 5.88 Å². The molecule has 0 amide bonds. The van der Waals surface area contributed by atoms with Crippen molar-refractivity contribution >= 4 is 67.4 Å². The molecule has 4 heteroatoms. The molecule has 0 unspecified atom stereocenters. The standard InChI is InChI=1S/C10H8ClIS2/c1-13-7-2-6-3-8(5-11)14-10(6)9(12)4-7/h2-4H,5H2,1H3. The third-order valence-electron chi connectivity index (χ3n) is 1.96. The third-order valence-corrected chi connectivity index (χ3v) is 5.52. The average Bonchev–Trinajstić information content (AvgIpc) is 2.61. The lowest BCUT2D eigenvalue weighted by atomic mass is 10.2. The van der Waals surface area contributed by atoms with E-state index in [-0.39, 0.29) is 0 Å². The minimum absolute atomic E-state index is 0.615. The summed E-state index contributed by atoms with van der Waals surface area (Å²) < 4.78 is 2.69. The summed E-state index contributed by atoms with van der Waals surface area (Å²) in [5, 5.41) is 1.32. The van der Waals surface area contributed by atoms with Crippen molar-refractivity contribution in [2.24, 2.45) is 0 Å². The van der Waals surface area contributed by atoms with Crippen LogP contribution in [0.4, 0.5) is 0 Å². The molecule has 0 spiro atoms. The van der Waals surface area contributed by atoms with Crippen LogP contribution < -0.4 is 0 Å². The molecule has 0 saturated heterocycles. The SMILES string of the molecule is CSc1cc(I)c2sc(CCl)cc2c1. The normalized spacial score (nSPS) is 11.1. The smallest absolute Gasteiger partial charge is 0.0568 e. The van der Waals surface area contributed by atoms with Gasteiger partial charge in [0.2, 0.25) is 0 Å². The fourth-order valence-electron chi connectivity index (χ4n) is 1.32. The Bertz CT molecular complexity index is 464. The highest BCUT2D eigenvalue weighted by molar-refractivity contribution is 14.1. The first kappa shape index (κ1) is 11.0. The lowest BCUT2D eigenvalue weighted by molar-refractivity contribution is 1.49. The van der Waals surface area contributed by atoms with E-state index in [9.17, 15) is 0 Å². The highest BCUT2D eigenvalue weighted by Crippen LogP contribution is 2.33. The predicted octanol–water partition coefficient (Wildman–Crippen LogP) is 4.97. The Balaban J connectivity index is 2.67. The lowest BCUT2D eigenvalue weighted by Crippen LogP contribution is -1.74. The van der Waals surface area contributed by atoms with Gasteiger partial charge in [0, 0.05) is 18.0 Å². The second kappa shape index (κ2) is 4.60. The van der Waals surface area contributed by atoms with Crippen molar-refractivity contribution in [1.29, 1.82) is 0 Å². The van der Waals surface area contributed by atoms with Crippen LogP contribution in [0, 0.1) is 3.57 Å². The second-order valence-corrected chi connectivity index (χ2v) is 6.32. The Morgan fingerprint density at radius 2 is 2.21 bits per heavy atom. The Kier molecular flexibility index (Phi) is 3.63. The minimum Gasteiger partial charge on any atom is -0.138 e. The summed E-state index contributed by atoms with van der Waals surface area (Å²) in [6.45, 7) is 0. The maximum Gasteiger partial charge on any atom is 0.0568 e. The molecule has 74 valence electrons. The highest BCUT2D eigenvalue weighted by atomic mass is 127. The van der Waals surface area contributed by atoms with E-state index in [0.717, 1.165) is 0 Å². The van der Waals surface area contributed by atoms with Crippen LogP contribution in [0.1, 0.15) is 4.88 Å². The van der Waals surface area contributed by atoms with Gasteiger partial charge in [-0.05, 0) is 52.4 Å². The molecule has 2 aromatic rings. The molecule has 1 heterocycles. The number of rotatable bonds is 2. The van der Waals surface area contributed by atoms with Crippen molar-refractivity contribution in [2.75, 3.05) is 6.26 Å².